The quantitative estimate of drug-likeness (QED) is 0.907. The molecule has 19 heavy (non-hydrogen) atoms. The number of aliphatic carboxylic acids is 1. The zero-order chi connectivity index (χ0) is 13.7. The van der Waals surface area contributed by atoms with Crippen LogP contribution in [0, 0.1) is 0 Å². The minimum absolute atomic E-state index is 0.116. The van der Waals surface area contributed by atoms with Gasteiger partial charge in [-0.05, 0) is 56.7 Å². The fourth-order valence-corrected chi connectivity index (χ4v) is 2.98. The molecule has 0 atom stereocenters. The molecular weight excluding hydrogens is 240 g/mol. The molecule has 3 heteroatoms. The van der Waals surface area contributed by atoms with Crippen LogP contribution in [0.5, 0.6) is 5.75 Å². The first kappa shape index (κ1) is 12.5. The fraction of sp³-hybridized carbons (Fsp3) is 0.562. The maximum atomic E-state index is 11.0. The van der Waals surface area contributed by atoms with Crippen molar-refractivity contribution >= 4 is 5.97 Å². The van der Waals surface area contributed by atoms with E-state index in [1.165, 1.54) is 5.56 Å². The van der Waals surface area contributed by atoms with Gasteiger partial charge in [-0.2, -0.15) is 0 Å². The second-order valence-corrected chi connectivity index (χ2v) is 6.54. The third-order valence-corrected chi connectivity index (χ3v) is 4.41. The number of ether oxygens (including phenoxy) is 1. The van der Waals surface area contributed by atoms with E-state index in [1.54, 1.807) is 0 Å². The molecule has 2 aliphatic rings. The molecule has 1 heterocycles. The number of carboxylic acids is 1. The highest BCUT2D eigenvalue weighted by molar-refractivity contribution is 5.70. The molecule has 0 radical (unpaired) electrons. The van der Waals surface area contributed by atoms with Gasteiger partial charge in [-0.25, -0.2) is 0 Å². The molecule has 0 bridgehead atoms. The molecule has 1 fully saturated rings. The number of carboxylic acid groups (broad SMARTS) is 1. The van der Waals surface area contributed by atoms with Gasteiger partial charge in [0.2, 0.25) is 0 Å². The molecule has 3 rings (SSSR count). The van der Waals surface area contributed by atoms with Crippen molar-refractivity contribution in [2.45, 2.75) is 57.0 Å². The Bertz CT molecular complexity index is 527. The van der Waals surface area contributed by atoms with Crippen LogP contribution in [0.4, 0.5) is 0 Å². The van der Waals surface area contributed by atoms with Gasteiger partial charge in [0.05, 0.1) is 6.42 Å². The molecule has 0 spiro atoms. The molecule has 1 aromatic carbocycles. The Morgan fingerprint density at radius 1 is 1.32 bits per heavy atom. The van der Waals surface area contributed by atoms with E-state index >= 15 is 0 Å². The number of carbonyl (C=O) groups is 1. The first-order valence-corrected chi connectivity index (χ1v) is 6.95. The average molecular weight is 260 g/mol. The van der Waals surface area contributed by atoms with Gasteiger partial charge in [0, 0.05) is 5.41 Å². The molecule has 0 unspecified atom stereocenters. The number of fused-ring (bicyclic) bond motifs is 1. The number of rotatable bonds is 3. The van der Waals surface area contributed by atoms with Gasteiger partial charge in [0.15, 0.2) is 0 Å². The maximum Gasteiger partial charge on any atom is 0.304 e. The second-order valence-electron chi connectivity index (χ2n) is 6.54. The monoisotopic (exact) mass is 260 g/mol. The van der Waals surface area contributed by atoms with Crippen LogP contribution in [-0.2, 0) is 16.6 Å². The summed E-state index contributed by atoms with van der Waals surface area (Å²) in [7, 11) is 0. The minimum Gasteiger partial charge on any atom is -0.488 e. The topological polar surface area (TPSA) is 46.5 Å². The summed E-state index contributed by atoms with van der Waals surface area (Å²) in [6.45, 7) is 4.21. The molecule has 3 nitrogen and oxygen atoms in total. The van der Waals surface area contributed by atoms with E-state index in [1.807, 2.05) is 0 Å². The number of hydrogen-bond acceptors (Lipinski definition) is 2. The van der Waals surface area contributed by atoms with Crippen molar-refractivity contribution in [1.29, 1.82) is 0 Å². The minimum atomic E-state index is -0.712. The smallest absolute Gasteiger partial charge is 0.304 e. The number of hydrogen-bond donors (Lipinski definition) is 1. The van der Waals surface area contributed by atoms with Crippen molar-refractivity contribution in [3.63, 3.8) is 0 Å². The predicted octanol–water partition coefficient (Wildman–Crippen LogP) is 3.30. The van der Waals surface area contributed by atoms with Crippen LogP contribution in [0.2, 0.25) is 0 Å². The van der Waals surface area contributed by atoms with Gasteiger partial charge < -0.3 is 9.84 Å². The first-order valence-electron chi connectivity index (χ1n) is 6.95. The van der Waals surface area contributed by atoms with Crippen molar-refractivity contribution in [3.05, 3.63) is 29.3 Å². The first-order chi connectivity index (χ1) is 8.90. The van der Waals surface area contributed by atoms with Crippen molar-refractivity contribution in [1.82, 2.24) is 0 Å². The van der Waals surface area contributed by atoms with Gasteiger partial charge in [-0.3, -0.25) is 4.79 Å². The molecular formula is C16H20O3. The second kappa shape index (κ2) is 3.99. The van der Waals surface area contributed by atoms with Crippen molar-refractivity contribution in [2.75, 3.05) is 0 Å². The van der Waals surface area contributed by atoms with E-state index in [2.05, 4.69) is 32.0 Å². The summed E-state index contributed by atoms with van der Waals surface area (Å²) in [5, 5.41) is 9.04. The van der Waals surface area contributed by atoms with Crippen LogP contribution >= 0.6 is 0 Å². The Kier molecular flexibility index (Phi) is 2.63. The molecule has 102 valence electrons. The van der Waals surface area contributed by atoms with E-state index in [4.69, 9.17) is 9.84 Å². The van der Waals surface area contributed by atoms with Gasteiger partial charge in [0.25, 0.3) is 0 Å². The Morgan fingerprint density at radius 2 is 2.05 bits per heavy atom. The summed E-state index contributed by atoms with van der Waals surface area (Å²) in [5.41, 5.74) is 2.13. The highest BCUT2D eigenvalue weighted by Gasteiger charge is 2.46. The van der Waals surface area contributed by atoms with E-state index in [0.29, 0.717) is 0 Å². The highest BCUT2D eigenvalue weighted by atomic mass is 16.5. The van der Waals surface area contributed by atoms with Crippen LogP contribution in [-0.4, -0.2) is 16.7 Å². The normalized spacial score (nSPS) is 22.2. The van der Waals surface area contributed by atoms with Crippen LogP contribution < -0.4 is 4.74 Å². The summed E-state index contributed by atoms with van der Waals surface area (Å²) in [4.78, 5) is 11.0. The zero-order valence-electron chi connectivity index (χ0n) is 11.5. The predicted molar refractivity (Wildman–Crippen MR) is 72.6 cm³/mol. The lowest BCUT2D eigenvalue weighted by Crippen LogP contribution is -2.32. The molecule has 1 N–H and O–H groups in total. The molecule has 1 saturated carbocycles. The average Bonchev–Trinajstić information content (AvgIpc) is 3.07. The third kappa shape index (κ3) is 2.34. The Labute approximate surface area is 113 Å². The Hall–Kier alpha value is -1.51. The molecule has 1 aliphatic carbocycles. The van der Waals surface area contributed by atoms with Gasteiger partial charge in [-0.1, -0.05) is 12.1 Å². The van der Waals surface area contributed by atoms with Crippen molar-refractivity contribution in [2.24, 2.45) is 0 Å². The summed E-state index contributed by atoms with van der Waals surface area (Å²) in [6.07, 6.45) is 4.24. The standard InChI is InChI=1S/C16H20O3/c1-15(2)6-5-11-3-4-12(9-13(11)19-15)16(7-8-16)10-14(17)18/h3-4,9H,5-8,10H2,1-2H3,(H,17,18). The van der Waals surface area contributed by atoms with Crippen LogP contribution in [0.25, 0.3) is 0 Å². The SMILES string of the molecule is CC1(C)CCc2ccc(C3(CC(=O)O)CC3)cc2O1. The van der Waals surface area contributed by atoms with Gasteiger partial charge in [-0.15, -0.1) is 0 Å². The van der Waals surface area contributed by atoms with E-state index in [-0.39, 0.29) is 17.4 Å². The Morgan fingerprint density at radius 3 is 2.68 bits per heavy atom. The third-order valence-electron chi connectivity index (χ3n) is 4.41. The lowest BCUT2D eigenvalue weighted by atomic mass is 9.88. The van der Waals surface area contributed by atoms with Crippen molar-refractivity contribution < 1.29 is 14.6 Å². The number of aryl methyl sites for hydroxylation is 1. The fourth-order valence-electron chi connectivity index (χ4n) is 2.98. The molecule has 0 aromatic heterocycles. The summed E-state index contributed by atoms with van der Waals surface area (Å²) in [6, 6.07) is 6.28. The van der Waals surface area contributed by atoms with E-state index < -0.39 is 5.97 Å². The van der Waals surface area contributed by atoms with Gasteiger partial charge in [0.1, 0.15) is 11.4 Å². The summed E-state index contributed by atoms with van der Waals surface area (Å²) >= 11 is 0. The van der Waals surface area contributed by atoms with Crippen molar-refractivity contribution in [3.8, 4) is 5.75 Å². The Balaban J connectivity index is 1.91. The molecule has 0 saturated heterocycles. The van der Waals surface area contributed by atoms with Crippen LogP contribution in [0.1, 0.15) is 50.7 Å². The highest BCUT2D eigenvalue weighted by Crippen LogP contribution is 2.52. The molecule has 1 aliphatic heterocycles. The summed E-state index contributed by atoms with van der Waals surface area (Å²) < 4.78 is 6.04. The number of benzene rings is 1. The van der Waals surface area contributed by atoms with Crippen LogP contribution in [0.3, 0.4) is 0 Å². The summed E-state index contributed by atoms with van der Waals surface area (Å²) in [5.74, 6) is 0.238. The van der Waals surface area contributed by atoms with E-state index in [0.717, 1.165) is 37.0 Å². The van der Waals surface area contributed by atoms with E-state index in [9.17, 15) is 4.79 Å². The largest absolute Gasteiger partial charge is 0.488 e. The van der Waals surface area contributed by atoms with Crippen LogP contribution in [0.15, 0.2) is 18.2 Å². The molecule has 0 amide bonds. The molecule has 1 aromatic rings. The lowest BCUT2D eigenvalue weighted by Gasteiger charge is -2.33. The zero-order valence-corrected chi connectivity index (χ0v) is 11.5. The maximum absolute atomic E-state index is 11.0. The lowest BCUT2D eigenvalue weighted by molar-refractivity contribution is -0.137. The van der Waals surface area contributed by atoms with Gasteiger partial charge >= 0.3 is 5.97 Å².